The molecule has 7 heteroatoms. The minimum absolute atomic E-state index is 0.105. The quantitative estimate of drug-likeness (QED) is 0.836. The fourth-order valence-corrected chi connectivity index (χ4v) is 1.94. The molecule has 116 valence electrons. The number of benzene rings is 1. The number of rotatable bonds is 4. The van der Waals surface area contributed by atoms with Gasteiger partial charge in [0.15, 0.2) is 0 Å². The van der Waals surface area contributed by atoms with E-state index in [0.29, 0.717) is 0 Å². The van der Waals surface area contributed by atoms with Crippen LogP contribution in [-0.2, 0) is 16.1 Å². The number of aromatic hydroxyl groups is 2. The van der Waals surface area contributed by atoms with Gasteiger partial charge in [0.05, 0.1) is 6.54 Å². The molecule has 1 aromatic heterocycles. The molecule has 0 radical (unpaired) electrons. The lowest BCUT2D eigenvalue weighted by Gasteiger charge is -2.06. The van der Waals surface area contributed by atoms with Crippen LogP contribution in [0.1, 0.15) is 19.4 Å². The molecule has 0 unspecified atom stereocenters. The monoisotopic (exact) mass is 305 g/mol. The summed E-state index contributed by atoms with van der Waals surface area (Å²) in [6.07, 6.45) is 0. The highest BCUT2D eigenvalue weighted by atomic mass is 16.6. The maximum absolute atomic E-state index is 11.1. The van der Waals surface area contributed by atoms with Gasteiger partial charge in [0.1, 0.15) is 0 Å². The van der Waals surface area contributed by atoms with E-state index in [-0.39, 0.29) is 6.54 Å². The average molecular weight is 305 g/mol. The minimum Gasteiger partial charge on any atom is -0.492 e. The summed E-state index contributed by atoms with van der Waals surface area (Å²) in [5.74, 6) is -3.24. The first-order valence-corrected chi connectivity index (χ1v) is 6.45. The zero-order chi connectivity index (χ0) is 16.3. The summed E-state index contributed by atoms with van der Waals surface area (Å²) in [6, 6.07) is 9.00. The van der Waals surface area contributed by atoms with Crippen molar-refractivity contribution in [2.45, 2.75) is 20.4 Å². The molecule has 0 aliphatic rings. The van der Waals surface area contributed by atoms with Gasteiger partial charge in [0, 0.05) is 13.8 Å². The third-order valence-electron chi connectivity index (χ3n) is 2.80. The van der Waals surface area contributed by atoms with Crippen molar-refractivity contribution < 1.29 is 29.3 Å². The lowest BCUT2D eigenvalue weighted by molar-refractivity contribution is -0.134. The van der Waals surface area contributed by atoms with Gasteiger partial charge in [-0.2, -0.15) is 0 Å². The number of carbonyl (C=O) groups excluding carboxylic acids is 2. The zero-order valence-corrected chi connectivity index (χ0v) is 12.1. The molecule has 22 heavy (non-hydrogen) atoms. The smallest absolute Gasteiger partial charge is 0.308 e. The molecule has 1 aromatic carbocycles. The Morgan fingerprint density at radius 1 is 0.955 bits per heavy atom. The lowest BCUT2D eigenvalue weighted by Crippen LogP contribution is -2.05. The largest absolute Gasteiger partial charge is 0.492 e. The Labute approximate surface area is 126 Å². The number of nitrogens with zero attached hydrogens (tertiary/aromatic N) is 1. The molecule has 2 aromatic rings. The van der Waals surface area contributed by atoms with Gasteiger partial charge in [-0.05, 0) is 5.56 Å². The van der Waals surface area contributed by atoms with Crippen LogP contribution < -0.4 is 9.47 Å². The standard InChI is InChI=1S/C15H15NO6/c1-9(17)21-12-13(22-10(2)18)15(20)16(14(12)19)8-11-6-4-3-5-7-11/h3-7,19-20H,8H2,1-2H3. The van der Waals surface area contributed by atoms with Gasteiger partial charge >= 0.3 is 11.9 Å². The van der Waals surface area contributed by atoms with Crippen LogP contribution in [-0.4, -0.2) is 26.7 Å². The van der Waals surface area contributed by atoms with E-state index in [2.05, 4.69) is 0 Å². The van der Waals surface area contributed by atoms with Crippen molar-refractivity contribution in [1.29, 1.82) is 0 Å². The lowest BCUT2D eigenvalue weighted by atomic mass is 10.2. The second-order valence-corrected chi connectivity index (χ2v) is 4.56. The number of esters is 2. The Morgan fingerprint density at radius 2 is 1.41 bits per heavy atom. The Balaban J connectivity index is 2.47. The molecule has 0 saturated carbocycles. The van der Waals surface area contributed by atoms with Crippen molar-refractivity contribution in [2.75, 3.05) is 0 Å². The molecule has 2 N–H and O–H groups in total. The summed E-state index contributed by atoms with van der Waals surface area (Å²) in [4.78, 5) is 22.2. The van der Waals surface area contributed by atoms with Crippen LogP contribution in [0.3, 0.4) is 0 Å². The van der Waals surface area contributed by atoms with Crippen molar-refractivity contribution in [3.05, 3.63) is 35.9 Å². The zero-order valence-electron chi connectivity index (χ0n) is 12.1. The predicted molar refractivity (Wildman–Crippen MR) is 75.9 cm³/mol. The highest BCUT2D eigenvalue weighted by molar-refractivity contribution is 5.76. The number of carbonyl (C=O) groups is 2. The van der Waals surface area contributed by atoms with E-state index in [1.165, 1.54) is 0 Å². The molecular formula is C15H15NO6. The Morgan fingerprint density at radius 3 is 1.82 bits per heavy atom. The van der Waals surface area contributed by atoms with Gasteiger partial charge in [-0.3, -0.25) is 14.2 Å². The van der Waals surface area contributed by atoms with Crippen molar-refractivity contribution >= 4 is 11.9 Å². The first-order chi connectivity index (χ1) is 10.4. The third-order valence-corrected chi connectivity index (χ3v) is 2.80. The highest BCUT2D eigenvalue weighted by Gasteiger charge is 2.28. The van der Waals surface area contributed by atoms with E-state index in [1.54, 1.807) is 24.3 Å². The van der Waals surface area contributed by atoms with Crippen LogP contribution in [0.4, 0.5) is 0 Å². The summed E-state index contributed by atoms with van der Waals surface area (Å²) >= 11 is 0. The summed E-state index contributed by atoms with van der Waals surface area (Å²) in [7, 11) is 0. The van der Waals surface area contributed by atoms with E-state index < -0.39 is 35.2 Å². The van der Waals surface area contributed by atoms with Crippen molar-refractivity contribution in [2.24, 2.45) is 0 Å². The topological polar surface area (TPSA) is 98.0 Å². The van der Waals surface area contributed by atoms with Gasteiger partial charge in [-0.25, -0.2) is 0 Å². The molecule has 2 rings (SSSR count). The molecule has 0 aliphatic heterocycles. The predicted octanol–water partition coefficient (Wildman–Crippen LogP) is 1.80. The van der Waals surface area contributed by atoms with Crippen LogP contribution in [0.2, 0.25) is 0 Å². The second kappa shape index (κ2) is 6.21. The fraction of sp³-hybridized carbons (Fsp3) is 0.200. The van der Waals surface area contributed by atoms with Crippen molar-refractivity contribution in [1.82, 2.24) is 4.57 Å². The van der Waals surface area contributed by atoms with E-state index in [9.17, 15) is 19.8 Å². The molecule has 0 saturated heterocycles. The second-order valence-electron chi connectivity index (χ2n) is 4.56. The molecule has 0 bridgehead atoms. The molecule has 1 heterocycles. The van der Waals surface area contributed by atoms with Crippen LogP contribution in [0.15, 0.2) is 30.3 Å². The van der Waals surface area contributed by atoms with E-state index in [0.717, 1.165) is 24.0 Å². The normalized spacial score (nSPS) is 10.3. The first kappa shape index (κ1) is 15.4. The van der Waals surface area contributed by atoms with E-state index in [1.807, 2.05) is 6.07 Å². The average Bonchev–Trinajstić information content (AvgIpc) is 2.65. The van der Waals surface area contributed by atoms with Crippen LogP contribution >= 0.6 is 0 Å². The van der Waals surface area contributed by atoms with E-state index in [4.69, 9.17) is 9.47 Å². The van der Waals surface area contributed by atoms with Crippen molar-refractivity contribution in [3.63, 3.8) is 0 Å². The van der Waals surface area contributed by atoms with Gasteiger partial charge < -0.3 is 19.7 Å². The van der Waals surface area contributed by atoms with Crippen LogP contribution in [0, 0.1) is 0 Å². The number of hydrogen-bond acceptors (Lipinski definition) is 6. The number of aromatic nitrogens is 1. The third kappa shape index (κ3) is 3.20. The molecule has 0 spiro atoms. The Bertz CT molecular complexity index is 665. The Kier molecular flexibility index (Phi) is 4.36. The minimum atomic E-state index is -0.722. The van der Waals surface area contributed by atoms with Gasteiger partial charge in [0.25, 0.3) is 0 Å². The molecular weight excluding hydrogens is 290 g/mol. The first-order valence-electron chi connectivity index (χ1n) is 6.45. The van der Waals surface area contributed by atoms with Crippen LogP contribution in [0.25, 0.3) is 0 Å². The van der Waals surface area contributed by atoms with Gasteiger partial charge in [-0.15, -0.1) is 0 Å². The SMILES string of the molecule is CC(=O)Oc1c(OC(C)=O)c(O)n(Cc2ccccc2)c1O. The fourth-order valence-electron chi connectivity index (χ4n) is 1.94. The maximum Gasteiger partial charge on any atom is 0.308 e. The molecule has 0 aliphatic carbocycles. The summed E-state index contributed by atoms with van der Waals surface area (Å²) in [5.41, 5.74) is 0.784. The van der Waals surface area contributed by atoms with Gasteiger partial charge in [-0.1, -0.05) is 30.3 Å². The summed E-state index contributed by atoms with van der Waals surface area (Å²) in [6.45, 7) is 2.36. The maximum atomic E-state index is 11.1. The number of ether oxygens (including phenoxy) is 2. The molecule has 0 atom stereocenters. The molecule has 7 nitrogen and oxygen atoms in total. The highest BCUT2D eigenvalue weighted by Crippen LogP contribution is 2.47. The Hall–Kier alpha value is -2.96. The van der Waals surface area contributed by atoms with Crippen molar-refractivity contribution in [3.8, 4) is 23.3 Å². The van der Waals surface area contributed by atoms with Gasteiger partial charge in [0.2, 0.25) is 23.3 Å². The summed E-state index contributed by atoms with van der Waals surface area (Å²) in [5, 5.41) is 20.3. The number of hydrogen-bond donors (Lipinski definition) is 2. The van der Waals surface area contributed by atoms with E-state index >= 15 is 0 Å². The summed E-state index contributed by atoms with van der Waals surface area (Å²) < 4.78 is 10.7. The molecule has 0 fully saturated rings. The van der Waals surface area contributed by atoms with Crippen LogP contribution in [0.5, 0.6) is 23.3 Å². The molecule has 0 amide bonds.